The first kappa shape index (κ1) is 42.2. The van der Waals surface area contributed by atoms with Crippen molar-refractivity contribution in [2.24, 2.45) is 0 Å². The highest BCUT2D eigenvalue weighted by molar-refractivity contribution is 9.11. The zero-order chi connectivity index (χ0) is 42.4. The number of nitrogen functional groups attached to an aromatic ring is 2. The lowest BCUT2D eigenvalue weighted by Crippen LogP contribution is -1.98. The second-order valence-corrected chi connectivity index (χ2v) is 14.4. The van der Waals surface area contributed by atoms with E-state index in [0.717, 1.165) is 0 Å². The Bertz CT molecular complexity index is 2750. The molecule has 8 rings (SSSR count). The van der Waals surface area contributed by atoms with Crippen molar-refractivity contribution >= 4 is 76.7 Å². The first-order chi connectivity index (χ1) is 28.3. The number of nitrogens with two attached hydrogens (primary N) is 2. The number of benzene rings is 4. The van der Waals surface area contributed by atoms with Gasteiger partial charge >= 0.3 is 0 Å². The van der Waals surface area contributed by atoms with Gasteiger partial charge in [-0.2, -0.15) is 4.39 Å². The van der Waals surface area contributed by atoms with Crippen molar-refractivity contribution in [3.05, 3.63) is 147 Å². The summed E-state index contributed by atoms with van der Waals surface area (Å²) in [5, 5.41) is 9.96. The van der Waals surface area contributed by atoms with Crippen LogP contribution in [0.25, 0.3) is 44.6 Å². The van der Waals surface area contributed by atoms with Crippen LogP contribution in [0.15, 0.2) is 127 Å². The average Bonchev–Trinajstić information content (AvgIpc) is 3.78. The third-order valence-corrected chi connectivity index (χ3v) is 10.0. The number of furan rings is 2. The molecule has 59 heavy (non-hydrogen) atoms. The predicted molar refractivity (Wildman–Crippen MR) is 227 cm³/mol. The summed E-state index contributed by atoms with van der Waals surface area (Å²) < 4.78 is 56.8. The molecule has 0 radical (unpaired) electrons. The van der Waals surface area contributed by atoms with Crippen molar-refractivity contribution in [3.8, 4) is 40.0 Å². The van der Waals surface area contributed by atoms with E-state index in [2.05, 4.69) is 41.8 Å². The van der Waals surface area contributed by atoms with Crippen LogP contribution in [-0.2, 0) is 0 Å². The van der Waals surface area contributed by atoms with Gasteiger partial charge in [-0.1, -0.05) is 13.8 Å². The number of rotatable bonds is 8. The minimum Gasteiger partial charge on any atom is -0.508 e. The molecule has 0 amide bonds. The monoisotopic (exact) mass is 928 g/mol. The molecule has 0 fully saturated rings. The quantitative estimate of drug-likeness (QED) is 0.0758. The highest BCUT2D eigenvalue weighted by Crippen LogP contribution is 2.39. The molecule has 4 aromatic carbocycles. The maximum atomic E-state index is 13.0. The second kappa shape index (κ2) is 18.4. The molecule has 0 saturated heterocycles. The predicted octanol–water partition coefficient (Wildman–Crippen LogP) is 12.5. The van der Waals surface area contributed by atoms with Crippen LogP contribution in [0.5, 0.6) is 17.4 Å². The van der Waals surface area contributed by atoms with Crippen molar-refractivity contribution in [2.75, 3.05) is 11.5 Å². The Labute approximate surface area is 351 Å². The number of hydrogen-bond acceptors (Lipinski definition) is 10. The van der Waals surface area contributed by atoms with Crippen LogP contribution in [-0.4, -0.2) is 26.6 Å². The number of Topliss-reactive ketones (excluding diaryl/α,β-unsaturated/α-hetero) is 2. The van der Waals surface area contributed by atoms with Crippen LogP contribution >= 0.6 is 31.9 Å². The van der Waals surface area contributed by atoms with Gasteiger partial charge in [-0.25, -0.2) is 18.7 Å². The Kier molecular flexibility index (Phi) is 13.2. The number of nitrogens with zero attached hydrogens (tertiary/aromatic N) is 2. The molecular formula is C44H33Br2F3N4O6. The van der Waals surface area contributed by atoms with Crippen LogP contribution in [0, 0.1) is 17.6 Å². The molecule has 300 valence electrons. The molecular weight excluding hydrogens is 897 g/mol. The van der Waals surface area contributed by atoms with E-state index in [4.69, 9.17) is 30.1 Å². The number of aromatic nitrogens is 2. The number of halogens is 5. The van der Waals surface area contributed by atoms with E-state index >= 15 is 0 Å². The number of phenolic OH excluding ortho intramolecular Hbond substituents is 1. The summed E-state index contributed by atoms with van der Waals surface area (Å²) in [6.45, 7) is 3.58. The maximum Gasteiger partial charge on any atom is 0.219 e. The van der Waals surface area contributed by atoms with Crippen LogP contribution < -0.4 is 16.2 Å². The van der Waals surface area contributed by atoms with Gasteiger partial charge in [-0.3, -0.25) is 9.59 Å². The second-order valence-electron chi connectivity index (χ2n) is 12.7. The largest absolute Gasteiger partial charge is 0.508 e. The summed E-state index contributed by atoms with van der Waals surface area (Å²) in [7, 11) is 0. The van der Waals surface area contributed by atoms with Gasteiger partial charge in [0.1, 0.15) is 45.8 Å². The van der Waals surface area contributed by atoms with E-state index in [-0.39, 0.29) is 29.0 Å². The van der Waals surface area contributed by atoms with E-state index in [9.17, 15) is 22.8 Å². The Hall–Kier alpha value is -6.45. The summed E-state index contributed by atoms with van der Waals surface area (Å²) in [5.41, 5.74) is 16.0. The Balaban J connectivity index is 0.000000171. The van der Waals surface area contributed by atoms with Crippen molar-refractivity contribution in [1.82, 2.24) is 9.97 Å². The van der Waals surface area contributed by atoms with Crippen molar-refractivity contribution in [3.63, 3.8) is 0 Å². The lowest BCUT2D eigenvalue weighted by Gasteiger charge is -2.06. The molecule has 15 heteroatoms. The van der Waals surface area contributed by atoms with Crippen molar-refractivity contribution in [2.45, 2.75) is 26.7 Å². The van der Waals surface area contributed by atoms with Crippen LogP contribution in [0.3, 0.4) is 0 Å². The summed E-state index contributed by atoms with van der Waals surface area (Å²) in [4.78, 5) is 32.9. The number of fused-ring (bicyclic) bond motifs is 2. The summed E-state index contributed by atoms with van der Waals surface area (Å²) >= 11 is 6.76. The minimum absolute atomic E-state index is 0.0398. The van der Waals surface area contributed by atoms with Crippen LogP contribution in [0.2, 0.25) is 0 Å². The highest BCUT2D eigenvalue weighted by Gasteiger charge is 2.24. The van der Waals surface area contributed by atoms with Crippen LogP contribution in [0.4, 0.5) is 24.5 Å². The van der Waals surface area contributed by atoms with E-state index in [1.165, 1.54) is 66.9 Å². The molecule has 8 aromatic rings. The molecule has 0 aliphatic rings. The standard InChI is InChI=1S/C22H16BrFN2O3.C16H12BrFN2O2.C6H5FO/c1-2-18(27)21-15-9-16(23)17(25)10-19(15)29-22(21)12-3-8-20(26-11-12)28-14-6-4-13(24)5-7-14;1-2-12(21)15-9-5-10(17)11(19)6-13(9)22-16(15)8-3-4-14(18)20-7-8;7-5-1-3-6(8)4-2-5/h3-11H,2,25H2,1H3;3-7H,2,19H2,1H3;1-4,8H. The SMILES string of the molecule is CCC(=O)c1c(-c2ccc(F)nc2)oc2cc(N)c(Br)cc12.CCC(=O)c1c(-c2ccc(Oc3ccc(F)cc3)nc2)oc2cc(N)c(Br)cc12.Oc1ccc(F)cc1. The molecule has 0 bridgehead atoms. The smallest absolute Gasteiger partial charge is 0.219 e. The fraction of sp³-hybridized carbons (Fsp3) is 0.0909. The maximum absolute atomic E-state index is 13.0. The fourth-order valence-electron chi connectivity index (χ4n) is 5.73. The first-order valence-electron chi connectivity index (χ1n) is 17.8. The number of carbonyl (C=O) groups is 2. The van der Waals surface area contributed by atoms with E-state index in [0.29, 0.717) is 101 Å². The Morgan fingerprint density at radius 2 is 1.12 bits per heavy atom. The molecule has 0 saturated carbocycles. The van der Waals surface area contributed by atoms with Gasteiger partial charge in [0.2, 0.25) is 11.8 Å². The van der Waals surface area contributed by atoms with E-state index in [1.54, 1.807) is 56.4 Å². The van der Waals surface area contributed by atoms with Crippen molar-refractivity contribution < 1.29 is 41.4 Å². The molecule has 4 heterocycles. The van der Waals surface area contributed by atoms with Gasteiger partial charge in [0.15, 0.2) is 11.6 Å². The molecule has 4 aromatic heterocycles. The van der Waals surface area contributed by atoms with Gasteiger partial charge in [0, 0.05) is 85.7 Å². The zero-order valence-electron chi connectivity index (χ0n) is 31.2. The number of anilines is 2. The summed E-state index contributed by atoms with van der Waals surface area (Å²) in [6, 6.07) is 23.8. The number of ketones is 2. The van der Waals surface area contributed by atoms with Gasteiger partial charge in [-0.15, -0.1) is 0 Å². The third-order valence-electron chi connectivity index (χ3n) is 8.67. The van der Waals surface area contributed by atoms with Gasteiger partial charge in [0.05, 0.1) is 11.1 Å². The molecule has 0 unspecified atom stereocenters. The lowest BCUT2D eigenvalue weighted by atomic mass is 10.0. The number of carbonyl (C=O) groups excluding carboxylic acids is 2. The van der Waals surface area contributed by atoms with Gasteiger partial charge < -0.3 is 30.1 Å². The third kappa shape index (κ3) is 9.82. The topological polar surface area (TPSA) is 168 Å². The molecule has 10 nitrogen and oxygen atoms in total. The Morgan fingerprint density at radius 3 is 1.53 bits per heavy atom. The first-order valence-corrected chi connectivity index (χ1v) is 19.4. The number of pyridine rings is 2. The van der Waals surface area contributed by atoms with Crippen molar-refractivity contribution in [1.29, 1.82) is 0 Å². The highest BCUT2D eigenvalue weighted by atomic mass is 79.9. The number of aromatic hydroxyl groups is 1. The fourth-order valence-corrected chi connectivity index (χ4v) is 6.41. The van der Waals surface area contributed by atoms with E-state index < -0.39 is 5.95 Å². The van der Waals surface area contributed by atoms with Gasteiger partial charge in [-0.05, 0) is 111 Å². The zero-order valence-corrected chi connectivity index (χ0v) is 34.4. The van der Waals surface area contributed by atoms with Crippen LogP contribution in [0.1, 0.15) is 47.4 Å². The number of ether oxygens (including phenoxy) is 1. The van der Waals surface area contributed by atoms with Gasteiger partial charge in [0.25, 0.3) is 0 Å². The summed E-state index contributed by atoms with van der Waals surface area (Å²) in [6.07, 6.45) is 3.58. The normalized spacial score (nSPS) is 10.8. The van der Waals surface area contributed by atoms with E-state index in [1.807, 2.05) is 0 Å². The lowest BCUT2D eigenvalue weighted by molar-refractivity contribution is 0.0981. The Morgan fingerprint density at radius 1 is 0.661 bits per heavy atom. The minimum atomic E-state index is -0.588. The number of hydrogen-bond donors (Lipinski definition) is 3. The number of phenols is 1. The molecule has 0 aliphatic carbocycles. The molecule has 0 aliphatic heterocycles. The summed E-state index contributed by atoms with van der Waals surface area (Å²) in [5.74, 6) is 0.355. The molecule has 5 N–H and O–H groups in total. The molecule has 0 spiro atoms. The average molecular weight is 931 g/mol. The molecule has 0 atom stereocenters.